The summed E-state index contributed by atoms with van der Waals surface area (Å²) in [6.07, 6.45) is 14.5. The maximum Gasteiger partial charge on any atom is 0.210 e. The molecule has 8 rings (SSSR count). The lowest BCUT2D eigenvalue weighted by atomic mass is 9.70. The van der Waals surface area contributed by atoms with Gasteiger partial charge in [-0.3, -0.25) is 0 Å². The zero-order chi connectivity index (χ0) is 38.5. The molecular weight excluding hydrogens is 700 g/mol. The maximum absolute atomic E-state index is 6.93. The van der Waals surface area contributed by atoms with E-state index in [1.54, 1.807) is 0 Å². The first-order valence-corrected chi connectivity index (χ1v) is 21.1. The Balaban J connectivity index is 1.34. The first kappa shape index (κ1) is 37.7. The van der Waals surface area contributed by atoms with Crippen LogP contribution in [0.4, 0.5) is 11.4 Å². The smallest absolute Gasteiger partial charge is 0.210 e. The number of hydrogen-bond acceptors (Lipinski definition) is 1. The van der Waals surface area contributed by atoms with Crippen LogP contribution in [0.2, 0.25) is 5.02 Å². The number of fused-ring (bicyclic) bond motifs is 4. The molecule has 1 atom stereocenters. The minimum absolute atomic E-state index is 0.237. The third kappa shape index (κ3) is 7.17. The summed E-state index contributed by atoms with van der Waals surface area (Å²) in [4.78, 5) is 2.62. The number of hydrogen-bond donors (Lipinski definition) is 0. The van der Waals surface area contributed by atoms with Crippen molar-refractivity contribution in [2.75, 3.05) is 18.0 Å². The summed E-state index contributed by atoms with van der Waals surface area (Å²) in [5.74, 6) is 0. The van der Waals surface area contributed by atoms with Crippen LogP contribution in [0.1, 0.15) is 74.3 Å². The summed E-state index contributed by atoms with van der Waals surface area (Å²) in [6, 6.07) is 53.4. The van der Waals surface area contributed by atoms with Crippen molar-refractivity contribution in [3.63, 3.8) is 0 Å². The quantitative estimate of drug-likeness (QED) is 0.100. The number of allylic oxidation sites excluding steroid dienone is 4. The highest BCUT2D eigenvalue weighted by molar-refractivity contribution is 6.30. The summed E-state index contributed by atoms with van der Waals surface area (Å²) < 4.78 is 2.64. The van der Waals surface area contributed by atoms with E-state index in [1.165, 1.54) is 61.4 Å². The number of nitrogens with zero attached hydrogens (tertiary/aromatic N) is 2. The second-order valence-electron chi connectivity index (χ2n) is 16.1. The van der Waals surface area contributed by atoms with Crippen LogP contribution in [-0.2, 0) is 30.1 Å². The minimum atomic E-state index is -0.324. The molecule has 0 radical (unpaired) electrons. The van der Waals surface area contributed by atoms with Gasteiger partial charge in [0.25, 0.3) is 0 Å². The maximum atomic E-state index is 6.93. The Bertz CT molecular complexity index is 2350. The largest absolute Gasteiger partial charge is 0.344 e. The Morgan fingerprint density at radius 1 is 0.661 bits per heavy atom. The SMILES string of the molecule is CCCCN1C(=CC=CC2=[N+](CCCC)c3ccc4ccccc4c3C2(C)Cc2ccccc2)C(Cc2ccccc2)(Cc2ccccc2)c2cc(Cl)ccc21. The number of rotatable bonds is 14. The number of anilines is 1. The molecule has 0 N–H and O–H groups in total. The monoisotopic (exact) mass is 753 g/mol. The van der Waals surface area contributed by atoms with Crippen molar-refractivity contribution >= 4 is 39.5 Å². The fourth-order valence-electron chi connectivity index (χ4n) is 9.65. The standard InChI is InChI=1S/C53H54ClN2/c1-4-6-34-55-47-33-31-44(54)36-46(47)53(38-41-22-13-9-14-23-41,39-42-24-15-10-16-25-42)50(55)29-19-28-49-52(3,37-40-20-11-8-12-21-40)51-45-27-18-17-26-43(45)30-32-48(51)56(49)35-7-5-2/h8-33,36H,4-7,34-35,37-39H2,1-3H3/q+1. The van der Waals surface area contributed by atoms with Gasteiger partial charge in [0.05, 0.1) is 5.41 Å². The van der Waals surface area contributed by atoms with Gasteiger partial charge in [-0.2, -0.15) is 4.58 Å². The van der Waals surface area contributed by atoms with Gasteiger partial charge in [-0.1, -0.05) is 160 Å². The summed E-state index contributed by atoms with van der Waals surface area (Å²) >= 11 is 6.93. The van der Waals surface area contributed by atoms with Crippen molar-refractivity contribution in [2.24, 2.45) is 0 Å². The molecule has 0 aromatic heterocycles. The van der Waals surface area contributed by atoms with Gasteiger partial charge in [-0.25, -0.2) is 0 Å². The van der Waals surface area contributed by atoms with Gasteiger partial charge in [0.1, 0.15) is 6.54 Å². The van der Waals surface area contributed by atoms with Gasteiger partial charge >= 0.3 is 0 Å². The molecule has 2 heterocycles. The van der Waals surface area contributed by atoms with Gasteiger partial charge in [0.15, 0.2) is 5.71 Å². The second kappa shape index (κ2) is 16.5. The average molecular weight is 754 g/mol. The van der Waals surface area contributed by atoms with Gasteiger partial charge < -0.3 is 4.90 Å². The molecule has 1 unspecified atom stereocenters. The molecule has 0 bridgehead atoms. The second-order valence-corrected chi connectivity index (χ2v) is 16.5. The van der Waals surface area contributed by atoms with Crippen molar-refractivity contribution in [2.45, 2.75) is 76.5 Å². The van der Waals surface area contributed by atoms with E-state index in [2.05, 4.69) is 194 Å². The normalized spacial score (nSPS) is 18.0. The van der Waals surface area contributed by atoms with Crippen molar-refractivity contribution in [3.05, 3.63) is 202 Å². The molecule has 2 nitrogen and oxygen atoms in total. The highest BCUT2D eigenvalue weighted by Gasteiger charge is 2.50. The highest BCUT2D eigenvalue weighted by atomic mass is 35.5. The lowest BCUT2D eigenvalue weighted by molar-refractivity contribution is -0.438. The third-order valence-electron chi connectivity index (χ3n) is 12.2. The fraction of sp³-hybridized carbons (Fsp3) is 0.264. The Morgan fingerprint density at radius 3 is 1.91 bits per heavy atom. The van der Waals surface area contributed by atoms with E-state index in [1.807, 2.05) is 0 Å². The molecule has 2 aliphatic rings. The Kier molecular flexibility index (Phi) is 11.1. The van der Waals surface area contributed by atoms with E-state index in [-0.39, 0.29) is 10.8 Å². The average Bonchev–Trinajstić information content (AvgIpc) is 3.60. The van der Waals surface area contributed by atoms with Gasteiger partial charge in [-0.05, 0) is 96.0 Å². The van der Waals surface area contributed by atoms with E-state index in [0.29, 0.717) is 0 Å². The van der Waals surface area contributed by atoms with Gasteiger partial charge in [0, 0.05) is 52.5 Å². The molecule has 0 saturated carbocycles. The van der Waals surface area contributed by atoms with E-state index in [9.17, 15) is 0 Å². The van der Waals surface area contributed by atoms with E-state index < -0.39 is 0 Å². The predicted octanol–water partition coefficient (Wildman–Crippen LogP) is 13.4. The first-order valence-electron chi connectivity index (χ1n) is 20.7. The van der Waals surface area contributed by atoms with Gasteiger partial charge in [0.2, 0.25) is 5.69 Å². The molecule has 0 spiro atoms. The molecule has 6 aromatic rings. The van der Waals surface area contributed by atoms with Crippen LogP contribution in [0.25, 0.3) is 10.8 Å². The third-order valence-corrected chi connectivity index (χ3v) is 12.5. The van der Waals surface area contributed by atoms with E-state index >= 15 is 0 Å². The number of unbranched alkanes of at least 4 members (excludes halogenated alkanes) is 2. The fourth-order valence-corrected chi connectivity index (χ4v) is 9.82. The van der Waals surface area contributed by atoms with Crippen LogP contribution < -0.4 is 4.90 Å². The summed E-state index contributed by atoms with van der Waals surface area (Å²) in [7, 11) is 0. The van der Waals surface area contributed by atoms with Crippen molar-refractivity contribution < 1.29 is 4.58 Å². The molecular formula is C53H54ClN2+. The Labute approximate surface area is 339 Å². The van der Waals surface area contributed by atoms with Crippen molar-refractivity contribution in [1.29, 1.82) is 0 Å². The van der Waals surface area contributed by atoms with Crippen LogP contribution in [-0.4, -0.2) is 23.4 Å². The Hall–Kier alpha value is -5.18. The van der Waals surface area contributed by atoms with Crippen molar-refractivity contribution in [3.8, 4) is 0 Å². The molecule has 2 aliphatic heterocycles. The lowest BCUT2D eigenvalue weighted by Crippen LogP contribution is -2.36. The highest BCUT2D eigenvalue weighted by Crippen LogP contribution is 2.53. The molecule has 0 fully saturated rings. The predicted molar refractivity (Wildman–Crippen MR) is 239 cm³/mol. The summed E-state index contributed by atoms with van der Waals surface area (Å²) in [5, 5.41) is 3.44. The van der Waals surface area contributed by atoms with Crippen LogP contribution in [0.15, 0.2) is 170 Å². The first-order chi connectivity index (χ1) is 27.4. The van der Waals surface area contributed by atoms with Crippen LogP contribution in [0, 0.1) is 0 Å². The lowest BCUT2D eigenvalue weighted by Gasteiger charge is -2.35. The molecule has 3 heteroatoms. The van der Waals surface area contributed by atoms with E-state index in [0.717, 1.165) is 63.1 Å². The molecule has 0 amide bonds. The van der Waals surface area contributed by atoms with E-state index in [4.69, 9.17) is 11.6 Å². The topological polar surface area (TPSA) is 6.25 Å². The number of halogens is 1. The Morgan fingerprint density at radius 2 is 1.27 bits per heavy atom. The van der Waals surface area contributed by atoms with Gasteiger partial charge in [-0.15, -0.1) is 0 Å². The van der Waals surface area contributed by atoms with Crippen LogP contribution in [0.5, 0.6) is 0 Å². The zero-order valence-electron chi connectivity index (χ0n) is 33.2. The minimum Gasteiger partial charge on any atom is -0.344 e. The number of benzene rings is 6. The molecule has 6 aromatic carbocycles. The van der Waals surface area contributed by atoms with Crippen LogP contribution in [0.3, 0.4) is 0 Å². The molecule has 282 valence electrons. The molecule has 0 saturated heterocycles. The van der Waals surface area contributed by atoms with Crippen LogP contribution >= 0.6 is 11.6 Å². The summed E-state index contributed by atoms with van der Waals surface area (Å²) in [6.45, 7) is 9.02. The molecule has 0 aliphatic carbocycles. The summed E-state index contributed by atoms with van der Waals surface area (Å²) in [5.41, 5.74) is 11.6. The van der Waals surface area contributed by atoms with Crippen molar-refractivity contribution in [1.82, 2.24) is 0 Å². The zero-order valence-corrected chi connectivity index (χ0v) is 34.0. The molecule has 56 heavy (non-hydrogen) atoms.